The number of aromatic amines is 2. The van der Waals surface area contributed by atoms with Crippen molar-refractivity contribution in [2.45, 2.75) is 65.2 Å². The highest BCUT2D eigenvalue weighted by atomic mass is 16.5. The summed E-state index contributed by atoms with van der Waals surface area (Å²) in [6.45, 7) is 8.20. The predicted octanol–water partition coefficient (Wildman–Crippen LogP) is 4.39. The van der Waals surface area contributed by atoms with E-state index in [4.69, 9.17) is 9.72 Å². The fraction of sp³-hybridized carbons (Fsp3) is 0.405. The molecule has 14 nitrogen and oxygen atoms in total. The second-order valence-electron chi connectivity index (χ2n) is 13.0. The molecule has 0 unspecified atom stereocenters. The first-order valence-corrected chi connectivity index (χ1v) is 16.9. The van der Waals surface area contributed by atoms with E-state index in [0.29, 0.717) is 23.9 Å². The number of rotatable bonds is 10. The average molecular weight is 697 g/mol. The number of hydrogen-bond donors (Lipinski definition) is 5. The summed E-state index contributed by atoms with van der Waals surface area (Å²) in [6.07, 6.45) is 2.07. The van der Waals surface area contributed by atoms with Gasteiger partial charge >= 0.3 is 12.2 Å². The van der Waals surface area contributed by atoms with E-state index in [1.165, 1.54) is 14.2 Å². The fourth-order valence-corrected chi connectivity index (χ4v) is 5.92. The van der Waals surface area contributed by atoms with Gasteiger partial charge in [-0.2, -0.15) is 0 Å². The minimum atomic E-state index is -0.735. The molecule has 2 aromatic carbocycles. The van der Waals surface area contributed by atoms with Crippen molar-refractivity contribution in [1.82, 2.24) is 40.8 Å². The Hall–Kier alpha value is -5.84. The molecule has 0 bridgehead atoms. The third kappa shape index (κ3) is 8.85. The Kier molecular flexibility index (Phi) is 11.6. The normalized spacial score (nSPS) is 15.2. The van der Waals surface area contributed by atoms with Crippen LogP contribution in [0.25, 0.3) is 22.3 Å². The van der Waals surface area contributed by atoms with Crippen molar-refractivity contribution in [1.29, 1.82) is 0 Å². The second-order valence-corrected chi connectivity index (χ2v) is 13.0. The van der Waals surface area contributed by atoms with Crippen molar-refractivity contribution in [3.63, 3.8) is 0 Å². The highest BCUT2D eigenvalue weighted by Gasteiger charge is 2.37. The first-order chi connectivity index (χ1) is 24.5. The number of ether oxygens (including phenoxy) is 2. The van der Waals surface area contributed by atoms with Crippen LogP contribution in [0.5, 0.6) is 0 Å². The van der Waals surface area contributed by atoms with E-state index in [0.717, 1.165) is 40.6 Å². The highest BCUT2D eigenvalue weighted by Crippen LogP contribution is 2.33. The Morgan fingerprint density at radius 2 is 1.55 bits per heavy atom. The zero-order valence-electron chi connectivity index (χ0n) is 29.6. The number of imidazole rings is 2. The lowest BCUT2D eigenvalue weighted by atomic mass is 10.0. The smallest absolute Gasteiger partial charge is 0.407 e. The van der Waals surface area contributed by atoms with Gasteiger partial charge in [-0.3, -0.25) is 9.59 Å². The van der Waals surface area contributed by atoms with E-state index < -0.39 is 24.3 Å². The molecule has 3 atom stereocenters. The minimum absolute atomic E-state index is 0.113. The van der Waals surface area contributed by atoms with Gasteiger partial charge in [0, 0.05) is 29.4 Å². The molecule has 0 spiro atoms. The van der Waals surface area contributed by atoms with Gasteiger partial charge in [0.15, 0.2) is 0 Å². The molecular weight excluding hydrogens is 652 g/mol. The van der Waals surface area contributed by atoms with Gasteiger partial charge in [0.25, 0.3) is 0 Å². The summed E-state index contributed by atoms with van der Waals surface area (Å²) in [7, 11) is 2.53. The standard InChI is InChI=1S/C37H44N8O6/c1-21(2)31(43-36(48)50-5)34(46)39-20-30-38-19-28(40-30)25-14-11-23(12-15-25)9-10-24-13-16-26-27(18-24)42-33(41-26)29-8-7-17-45(29)35(47)32(22(3)4)44-37(49)51-6/h11-16,18-19,21-22,29,31-32H,7-8,17,20H2,1-6H3,(H,38,40)(H,39,46)(H,41,42)(H,43,48)(H,44,49)/t29-,31-,32-/m0/s1. The lowest BCUT2D eigenvalue weighted by Gasteiger charge is -2.29. The van der Waals surface area contributed by atoms with Gasteiger partial charge in [-0.15, -0.1) is 0 Å². The molecule has 1 saturated heterocycles. The summed E-state index contributed by atoms with van der Waals surface area (Å²) in [4.78, 5) is 67.4. The largest absolute Gasteiger partial charge is 0.453 e. The third-order valence-electron chi connectivity index (χ3n) is 8.75. The molecule has 51 heavy (non-hydrogen) atoms. The van der Waals surface area contributed by atoms with Crippen LogP contribution in [0.3, 0.4) is 0 Å². The van der Waals surface area contributed by atoms with E-state index in [-0.39, 0.29) is 36.2 Å². The molecule has 268 valence electrons. The molecular formula is C37H44N8O6. The minimum Gasteiger partial charge on any atom is -0.453 e. The molecule has 4 aromatic rings. The molecule has 14 heteroatoms. The number of methoxy groups -OCH3 is 2. The third-order valence-corrected chi connectivity index (χ3v) is 8.75. The number of carbonyl (C=O) groups excluding carboxylic acids is 4. The quantitative estimate of drug-likeness (QED) is 0.151. The number of alkyl carbamates (subject to hydrolysis) is 2. The Morgan fingerprint density at radius 3 is 2.22 bits per heavy atom. The zero-order valence-corrected chi connectivity index (χ0v) is 29.6. The number of benzene rings is 2. The van der Waals surface area contributed by atoms with Gasteiger partial charge in [0.05, 0.1) is 43.5 Å². The highest BCUT2D eigenvalue weighted by molar-refractivity contribution is 5.87. The number of nitrogens with zero attached hydrogens (tertiary/aromatic N) is 3. The number of carbonyl (C=O) groups is 4. The molecule has 2 aromatic heterocycles. The van der Waals surface area contributed by atoms with Gasteiger partial charge in [0.2, 0.25) is 11.8 Å². The van der Waals surface area contributed by atoms with Crippen LogP contribution < -0.4 is 16.0 Å². The van der Waals surface area contributed by atoms with Crippen LogP contribution in [0.15, 0.2) is 48.7 Å². The lowest BCUT2D eigenvalue weighted by molar-refractivity contribution is -0.135. The van der Waals surface area contributed by atoms with E-state index in [2.05, 4.69) is 47.5 Å². The van der Waals surface area contributed by atoms with E-state index >= 15 is 0 Å². The fourth-order valence-electron chi connectivity index (χ4n) is 5.92. The van der Waals surface area contributed by atoms with Crippen LogP contribution in [0.2, 0.25) is 0 Å². The molecule has 0 radical (unpaired) electrons. The van der Waals surface area contributed by atoms with Crippen molar-refractivity contribution in [3.05, 3.63) is 71.4 Å². The van der Waals surface area contributed by atoms with Gasteiger partial charge in [-0.25, -0.2) is 19.6 Å². The summed E-state index contributed by atoms with van der Waals surface area (Å²) in [5.74, 6) is 6.97. The van der Waals surface area contributed by atoms with Crippen LogP contribution in [0.4, 0.5) is 9.59 Å². The number of nitrogens with one attached hydrogen (secondary N) is 5. The molecule has 4 amide bonds. The van der Waals surface area contributed by atoms with Crippen molar-refractivity contribution in [2.75, 3.05) is 20.8 Å². The van der Waals surface area contributed by atoms with Crippen LogP contribution in [-0.4, -0.2) is 81.7 Å². The summed E-state index contributed by atoms with van der Waals surface area (Å²) >= 11 is 0. The van der Waals surface area contributed by atoms with Crippen molar-refractivity contribution in [2.24, 2.45) is 11.8 Å². The number of H-pyrrole nitrogens is 2. The topological polar surface area (TPSA) is 183 Å². The average Bonchev–Trinajstić information content (AvgIpc) is 3.90. The Bertz CT molecular complexity index is 1940. The molecule has 5 rings (SSSR count). The maximum absolute atomic E-state index is 13.5. The molecule has 3 heterocycles. The number of fused-ring (bicyclic) bond motifs is 1. The monoisotopic (exact) mass is 696 g/mol. The van der Waals surface area contributed by atoms with Gasteiger partial charge in [-0.1, -0.05) is 51.7 Å². The summed E-state index contributed by atoms with van der Waals surface area (Å²) in [5.41, 5.74) is 4.82. The first-order valence-electron chi connectivity index (χ1n) is 16.9. The molecule has 1 aliphatic rings. The molecule has 1 aliphatic heterocycles. The number of amides is 4. The van der Waals surface area contributed by atoms with E-state index in [1.807, 2.05) is 70.2 Å². The molecule has 0 aliphatic carbocycles. The summed E-state index contributed by atoms with van der Waals surface area (Å²) in [6, 6.07) is 11.8. The number of likely N-dealkylation sites (tertiary alicyclic amines) is 1. The number of hydrogen-bond acceptors (Lipinski definition) is 8. The van der Waals surface area contributed by atoms with Crippen LogP contribution in [0, 0.1) is 23.7 Å². The molecule has 5 N–H and O–H groups in total. The molecule has 0 saturated carbocycles. The SMILES string of the molecule is COC(=O)N[C@H](C(=O)NCc1nc(-c2ccc(C#Cc3ccc4[nH]c([C@@H]5CCCN5C(=O)[C@@H](NC(=O)OC)C(C)C)nc4c3)cc2)c[nH]1)C(C)C. The lowest BCUT2D eigenvalue weighted by Crippen LogP contribution is -2.51. The first kappa shape index (κ1) is 36.4. The van der Waals surface area contributed by atoms with Crippen LogP contribution >= 0.6 is 0 Å². The zero-order chi connectivity index (χ0) is 36.7. The van der Waals surface area contributed by atoms with E-state index in [9.17, 15) is 19.2 Å². The van der Waals surface area contributed by atoms with Crippen molar-refractivity contribution in [3.8, 4) is 23.1 Å². The van der Waals surface area contributed by atoms with Crippen LogP contribution in [-0.2, 0) is 25.6 Å². The summed E-state index contributed by atoms with van der Waals surface area (Å²) in [5, 5.41) is 8.03. The predicted molar refractivity (Wildman–Crippen MR) is 190 cm³/mol. The van der Waals surface area contributed by atoms with Crippen LogP contribution in [0.1, 0.15) is 69.4 Å². The van der Waals surface area contributed by atoms with Crippen molar-refractivity contribution < 1.29 is 28.7 Å². The Morgan fingerprint density at radius 1 is 0.902 bits per heavy atom. The van der Waals surface area contributed by atoms with Crippen molar-refractivity contribution >= 4 is 35.0 Å². The maximum Gasteiger partial charge on any atom is 0.407 e. The number of aromatic nitrogens is 4. The molecule has 1 fully saturated rings. The van der Waals surface area contributed by atoms with Gasteiger partial charge < -0.3 is 40.3 Å². The van der Waals surface area contributed by atoms with E-state index in [1.54, 1.807) is 11.1 Å². The second kappa shape index (κ2) is 16.2. The van der Waals surface area contributed by atoms with Gasteiger partial charge in [0.1, 0.15) is 23.7 Å². The maximum atomic E-state index is 13.5. The Balaban J connectivity index is 1.22. The summed E-state index contributed by atoms with van der Waals surface area (Å²) < 4.78 is 9.36. The Labute approximate surface area is 296 Å². The van der Waals surface area contributed by atoms with Gasteiger partial charge in [-0.05, 0) is 55.0 Å².